The number of nitrogens with zero attached hydrogens (tertiary/aromatic N) is 1. The lowest BCUT2D eigenvalue weighted by Gasteiger charge is -2.12. The molecule has 0 N–H and O–H groups in total. The minimum Gasteiger partial charge on any atom is -0.241 e. The lowest BCUT2D eigenvalue weighted by atomic mass is 9.96. The van der Waals surface area contributed by atoms with Gasteiger partial charge in [0.1, 0.15) is 0 Å². The van der Waals surface area contributed by atoms with Gasteiger partial charge in [-0.3, -0.25) is 0 Å². The summed E-state index contributed by atoms with van der Waals surface area (Å²) in [5, 5.41) is 6.37. The maximum Gasteiger partial charge on any atom is 0.0941 e. The highest BCUT2D eigenvalue weighted by Crippen LogP contribution is 2.31. The summed E-state index contributed by atoms with van der Waals surface area (Å²) in [5.74, 6) is 0.664. The molecule has 0 spiro atoms. The average molecular weight is 338 g/mol. The van der Waals surface area contributed by atoms with Crippen LogP contribution >= 0.6 is 22.7 Å². The minimum atomic E-state index is 0.664. The van der Waals surface area contributed by atoms with Gasteiger partial charge < -0.3 is 0 Å². The fourth-order valence-corrected chi connectivity index (χ4v) is 5.29. The molecule has 0 fully saturated rings. The van der Waals surface area contributed by atoms with Crippen molar-refractivity contribution in [3.05, 3.63) is 63.8 Å². The van der Waals surface area contributed by atoms with E-state index in [2.05, 4.69) is 60.8 Å². The Hall–Kier alpha value is -1.71. The lowest BCUT2D eigenvalue weighted by molar-refractivity contribution is 0.508. The highest BCUT2D eigenvalue weighted by Gasteiger charge is 2.14. The van der Waals surface area contributed by atoms with Gasteiger partial charge in [-0.1, -0.05) is 49.7 Å². The first-order valence-electron chi connectivity index (χ1n) is 8.13. The normalized spacial score (nSPS) is 12.9. The zero-order valence-electron chi connectivity index (χ0n) is 13.2. The first-order chi connectivity index (χ1) is 11.3. The number of para-hydroxylation sites is 1. The third-order valence-electron chi connectivity index (χ3n) is 4.44. The van der Waals surface area contributed by atoms with Crippen LogP contribution in [0.2, 0.25) is 0 Å². The third-order valence-corrected chi connectivity index (χ3v) is 6.54. The summed E-state index contributed by atoms with van der Waals surface area (Å²) in [6.45, 7) is 2.30. The van der Waals surface area contributed by atoms with Crippen LogP contribution in [0, 0.1) is 5.92 Å². The van der Waals surface area contributed by atoms with Gasteiger partial charge in [-0.15, -0.1) is 22.7 Å². The van der Waals surface area contributed by atoms with Crippen molar-refractivity contribution in [3.63, 3.8) is 0 Å². The zero-order valence-corrected chi connectivity index (χ0v) is 14.8. The number of thiophene rings is 1. The molecule has 0 saturated heterocycles. The first kappa shape index (κ1) is 14.9. The molecule has 0 aliphatic rings. The second kappa shape index (κ2) is 6.42. The van der Waals surface area contributed by atoms with Crippen molar-refractivity contribution in [1.82, 2.24) is 4.98 Å². The highest BCUT2D eigenvalue weighted by molar-refractivity contribution is 7.18. The van der Waals surface area contributed by atoms with E-state index in [4.69, 9.17) is 4.98 Å². The third kappa shape index (κ3) is 3.04. The number of benzene rings is 2. The molecule has 2 heterocycles. The molecule has 23 heavy (non-hydrogen) atoms. The van der Waals surface area contributed by atoms with Gasteiger partial charge in [-0.05, 0) is 40.6 Å². The van der Waals surface area contributed by atoms with E-state index in [0.717, 1.165) is 18.4 Å². The molecule has 2 aromatic heterocycles. The fourth-order valence-electron chi connectivity index (χ4n) is 3.09. The maximum atomic E-state index is 4.81. The van der Waals surface area contributed by atoms with Crippen molar-refractivity contribution in [2.45, 2.75) is 26.2 Å². The Labute approximate surface area is 144 Å². The molecule has 0 aliphatic carbocycles. The molecular weight excluding hydrogens is 318 g/mol. The number of hydrogen-bond acceptors (Lipinski definition) is 3. The van der Waals surface area contributed by atoms with Gasteiger partial charge in [-0.25, -0.2) is 4.98 Å². The zero-order chi connectivity index (χ0) is 15.6. The Morgan fingerprint density at radius 2 is 1.83 bits per heavy atom. The van der Waals surface area contributed by atoms with Gasteiger partial charge in [0.15, 0.2) is 0 Å². The van der Waals surface area contributed by atoms with Gasteiger partial charge >= 0.3 is 0 Å². The quantitative estimate of drug-likeness (QED) is 0.415. The smallest absolute Gasteiger partial charge is 0.0941 e. The summed E-state index contributed by atoms with van der Waals surface area (Å²) in [6, 6.07) is 17.2. The molecule has 1 atom stereocenters. The van der Waals surface area contributed by atoms with Gasteiger partial charge in [0.25, 0.3) is 0 Å². The molecule has 4 aromatic rings. The molecule has 1 unspecified atom stereocenters. The summed E-state index contributed by atoms with van der Waals surface area (Å²) in [6.07, 6.45) is 3.44. The second-order valence-corrected chi connectivity index (χ2v) is 8.08. The van der Waals surface area contributed by atoms with E-state index in [1.54, 1.807) is 0 Å². The summed E-state index contributed by atoms with van der Waals surface area (Å²) in [7, 11) is 0. The van der Waals surface area contributed by atoms with Crippen LogP contribution in [0.4, 0.5) is 0 Å². The lowest BCUT2D eigenvalue weighted by Crippen LogP contribution is -2.06. The number of aromatic nitrogens is 1. The molecule has 0 amide bonds. The summed E-state index contributed by atoms with van der Waals surface area (Å²) in [5.41, 5.74) is 1.14. The van der Waals surface area contributed by atoms with Crippen LogP contribution in [0.3, 0.4) is 0 Å². The van der Waals surface area contributed by atoms with E-state index in [9.17, 15) is 0 Å². The van der Waals surface area contributed by atoms with Gasteiger partial charge in [-0.2, -0.15) is 0 Å². The maximum absolute atomic E-state index is 4.81. The topological polar surface area (TPSA) is 12.9 Å². The first-order valence-corrected chi connectivity index (χ1v) is 9.82. The van der Waals surface area contributed by atoms with Gasteiger partial charge in [0.2, 0.25) is 0 Å². The average Bonchev–Trinajstić information content (AvgIpc) is 3.18. The van der Waals surface area contributed by atoms with E-state index in [1.165, 1.54) is 31.8 Å². The molecule has 0 radical (unpaired) electrons. The number of thiazole rings is 1. The van der Waals surface area contributed by atoms with E-state index in [1.807, 2.05) is 22.7 Å². The van der Waals surface area contributed by atoms with Gasteiger partial charge in [0.05, 0.1) is 15.2 Å². The molecule has 0 aliphatic heterocycles. The molecule has 4 rings (SSSR count). The predicted molar refractivity (Wildman–Crippen MR) is 103 cm³/mol. The van der Waals surface area contributed by atoms with Crippen molar-refractivity contribution in [1.29, 1.82) is 0 Å². The number of fused-ring (bicyclic) bond motifs is 2. The molecule has 0 bridgehead atoms. The summed E-state index contributed by atoms with van der Waals surface area (Å²) in [4.78, 5) is 6.34. The van der Waals surface area contributed by atoms with Crippen LogP contribution < -0.4 is 0 Å². The highest BCUT2D eigenvalue weighted by atomic mass is 32.1. The SMILES string of the molecule is CCC(Cc1nc2ccccc2s1)Cc1scc2ccccc12. The van der Waals surface area contributed by atoms with Crippen LogP contribution in [0.25, 0.3) is 21.0 Å². The Bertz CT molecular complexity index is 902. The van der Waals surface area contributed by atoms with E-state index < -0.39 is 0 Å². The molecule has 3 heteroatoms. The molecule has 116 valence electrons. The van der Waals surface area contributed by atoms with Crippen molar-refractivity contribution >= 4 is 43.7 Å². The molecular formula is C20H19NS2. The monoisotopic (exact) mass is 337 g/mol. The van der Waals surface area contributed by atoms with Crippen molar-refractivity contribution in [2.75, 3.05) is 0 Å². The van der Waals surface area contributed by atoms with E-state index >= 15 is 0 Å². The molecule has 2 aromatic carbocycles. The second-order valence-electron chi connectivity index (χ2n) is 6.00. The number of hydrogen-bond donors (Lipinski definition) is 0. The standard InChI is InChI=1S/C20H19NS2/c1-2-14(11-19-16-8-4-3-7-15(16)13-22-19)12-20-21-17-9-5-6-10-18(17)23-20/h3-10,13-14H,2,11-12H2,1H3. The van der Waals surface area contributed by atoms with Crippen LogP contribution in [0.1, 0.15) is 23.2 Å². The minimum absolute atomic E-state index is 0.664. The predicted octanol–water partition coefficient (Wildman–Crippen LogP) is 6.32. The molecule has 1 nitrogen and oxygen atoms in total. The van der Waals surface area contributed by atoms with Crippen LogP contribution in [-0.2, 0) is 12.8 Å². The molecule has 0 saturated carbocycles. The van der Waals surface area contributed by atoms with E-state index in [0.29, 0.717) is 5.92 Å². The van der Waals surface area contributed by atoms with Gasteiger partial charge in [0, 0.05) is 11.3 Å². The van der Waals surface area contributed by atoms with Crippen molar-refractivity contribution in [2.24, 2.45) is 5.92 Å². The van der Waals surface area contributed by atoms with E-state index in [-0.39, 0.29) is 0 Å². The van der Waals surface area contributed by atoms with Crippen LogP contribution in [0.15, 0.2) is 53.9 Å². The fraction of sp³-hybridized carbons (Fsp3) is 0.250. The number of rotatable bonds is 5. The Morgan fingerprint density at radius 3 is 2.70 bits per heavy atom. The van der Waals surface area contributed by atoms with Crippen molar-refractivity contribution in [3.8, 4) is 0 Å². The summed E-state index contributed by atoms with van der Waals surface area (Å²) >= 11 is 3.75. The van der Waals surface area contributed by atoms with Crippen LogP contribution in [-0.4, -0.2) is 4.98 Å². The summed E-state index contributed by atoms with van der Waals surface area (Å²) < 4.78 is 1.30. The van der Waals surface area contributed by atoms with Crippen molar-refractivity contribution < 1.29 is 0 Å². The largest absolute Gasteiger partial charge is 0.241 e. The Kier molecular flexibility index (Phi) is 4.15. The Morgan fingerprint density at radius 1 is 1.00 bits per heavy atom. The Balaban J connectivity index is 1.56. The van der Waals surface area contributed by atoms with Crippen LogP contribution in [0.5, 0.6) is 0 Å².